The predicted molar refractivity (Wildman–Crippen MR) is 112 cm³/mol. The molecule has 0 amide bonds. The van der Waals surface area contributed by atoms with Gasteiger partial charge in [0.1, 0.15) is 5.15 Å². The fourth-order valence-corrected chi connectivity index (χ4v) is 3.68. The van der Waals surface area contributed by atoms with Crippen LogP contribution in [0.4, 0.5) is 0 Å². The molecule has 0 aromatic carbocycles. The van der Waals surface area contributed by atoms with Gasteiger partial charge in [-0.3, -0.25) is 0 Å². The Bertz CT molecular complexity index is 405. The predicted octanol–water partition coefficient (Wildman–Crippen LogP) is 8.54. The fraction of sp³-hybridized carbons (Fsp3) is 0.783. The number of nitrogens with zero attached hydrogens (tertiary/aromatic N) is 1. The first-order valence-electron chi connectivity index (χ1n) is 10.9. The van der Waals surface area contributed by atoms with Gasteiger partial charge in [0.05, 0.1) is 0 Å². The number of unbranched alkanes of at least 4 members (excludes halogenated alkanes) is 15. The molecule has 1 heterocycles. The van der Waals surface area contributed by atoms with Gasteiger partial charge in [-0.05, 0) is 24.5 Å². The first-order chi connectivity index (χ1) is 12.3. The number of rotatable bonds is 17. The van der Waals surface area contributed by atoms with Crippen LogP contribution in [0, 0.1) is 0 Å². The highest BCUT2D eigenvalue weighted by Crippen LogP contribution is 2.17. The summed E-state index contributed by atoms with van der Waals surface area (Å²) in [5.41, 5.74) is 1.20. The summed E-state index contributed by atoms with van der Waals surface area (Å²) in [6.45, 7) is 2.29. The molecule has 144 valence electrons. The first-order valence-corrected chi connectivity index (χ1v) is 11.3. The van der Waals surface area contributed by atoms with Crippen molar-refractivity contribution in [1.29, 1.82) is 0 Å². The SMILES string of the molecule is CCCCCCCCCCCCCCCCCCc1cccnc1Cl. The van der Waals surface area contributed by atoms with E-state index in [1.807, 2.05) is 6.07 Å². The molecular formula is C23H40ClN. The number of hydrogen-bond acceptors (Lipinski definition) is 1. The van der Waals surface area contributed by atoms with Gasteiger partial charge in [0.15, 0.2) is 0 Å². The number of pyridine rings is 1. The molecule has 1 rings (SSSR count). The van der Waals surface area contributed by atoms with Crippen molar-refractivity contribution in [1.82, 2.24) is 4.98 Å². The normalized spacial score (nSPS) is 11.1. The van der Waals surface area contributed by atoms with Crippen molar-refractivity contribution < 1.29 is 0 Å². The molecule has 0 fully saturated rings. The van der Waals surface area contributed by atoms with E-state index < -0.39 is 0 Å². The number of aryl methyl sites for hydroxylation is 1. The van der Waals surface area contributed by atoms with Gasteiger partial charge in [-0.1, -0.05) is 121 Å². The van der Waals surface area contributed by atoms with Gasteiger partial charge in [-0.15, -0.1) is 0 Å². The van der Waals surface area contributed by atoms with Crippen molar-refractivity contribution in [2.75, 3.05) is 0 Å². The molecule has 0 radical (unpaired) electrons. The van der Waals surface area contributed by atoms with Gasteiger partial charge in [-0.2, -0.15) is 0 Å². The van der Waals surface area contributed by atoms with Gasteiger partial charge in [0, 0.05) is 6.20 Å². The summed E-state index contributed by atoms with van der Waals surface area (Å²) in [6, 6.07) is 4.08. The Hall–Kier alpha value is -0.560. The van der Waals surface area contributed by atoms with Crippen LogP contribution in [0.1, 0.15) is 115 Å². The van der Waals surface area contributed by atoms with Crippen LogP contribution in [0.5, 0.6) is 0 Å². The second kappa shape index (κ2) is 16.9. The zero-order valence-electron chi connectivity index (χ0n) is 16.6. The highest BCUT2D eigenvalue weighted by molar-refractivity contribution is 6.30. The Balaban J connectivity index is 1.75. The molecule has 0 aliphatic heterocycles. The minimum Gasteiger partial charge on any atom is -0.244 e. The fourth-order valence-electron chi connectivity index (χ4n) is 3.47. The maximum Gasteiger partial charge on any atom is 0.132 e. The van der Waals surface area contributed by atoms with E-state index in [0.717, 1.165) is 6.42 Å². The topological polar surface area (TPSA) is 12.9 Å². The molecule has 0 saturated carbocycles. The molecule has 0 spiro atoms. The number of aromatic nitrogens is 1. The first kappa shape index (κ1) is 22.5. The van der Waals surface area contributed by atoms with E-state index in [0.29, 0.717) is 5.15 Å². The molecule has 0 N–H and O–H groups in total. The number of halogens is 1. The monoisotopic (exact) mass is 365 g/mol. The molecule has 25 heavy (non-hydrogen) atoms. The van der Waals surface area contributed by atoms with Crippen LogP contribution in [-0.2, 0) is 6.42 Å². The van der Waals surface area contributed by atoms with E-state index in [4.69, 9.17) is 11.6 Å². The lowest BCUT2D eigenvalue weighted by Gasteiger charge is -2.04. The van der Waals surface area contributed by atoms with Crippen LogP contribution in [0.25, 0.3) is 0 Å². The zero-order chi connectivity index (χ0) is 18.0. The summed E-state index contributed by atoms with van der Waals surface area (Å²) in [4.78, 5) is 4.14. The third-order valence-electron chi connectivity index (χ3n) is 5.14. The lowest BCUT2D eigenvalue weighted by atomic mass is 10.0. The minimum atomic E-state index is 0.684. The molecule has 0 unspecified atom stereocenters. The maximum absolute atomic E-state index is 6.08. The van der Waals surface area contributed by atoms with E-state index >= 15 is 0 Å². The van der Waals surface area contributed by atoms with E-state index in [9.17, 15) is 0 Å². The molecule has 0 atom stereocenters. The molecule has 0 aliphatic rings. The highest BCUT2D eigenvalue weighted by atomic mass is 35.5. The van der Waals surface area contributed by atoms with E-state index in [1.54, 1.807) is 6.20 Å². The van der Waals surface area contributed by atoms with Gasteiger partial charge in [-0.25, -0.2) is 4.98 Å². The second-order valence-electron chi connectivity index (χ2n) is 7.51. The lowest BCUT2D eigenvalue weighted by molar-refractivity contribution is 0.529. The molecule has 1 aromatic rings. The highest BCUT2D eigenvalue weighted by Gasteiger charge is 2.00. The Morgan fingerprint density at radius 1 is 0.680 bits per heavy atom. The molecule has 0 aliphatic carbocycles. The minimum absolute atomic E-state index is 0.684. The van der Waals surface area contributed by atoms with Crippen molar-refractivity contribution in [3.63, 3.8) is 0 Å². The summed E-state index contributed by atoms with van der Waals surface area (Å²) < 4.78 is 0. The molecule has 2 heteroatoms. The molecule has 1 nitrogen and oxygen atoms in total. The lowest BCUT2D eigenvalue weighted by Crippen LogP contribution is -1.89. The van der Waals surface area contributed by atoms with E-state index in [2.05, 4.69) is 18.0 Å². The average Bonchev–Trinajstić information content (AvgIpc) is 2.63. The van der Waals surface area contributed by atoms with Gasteiger partial charge >= 0.3 is 0 Å². The standard InChI is InChI=1S/C23H40ClN/c1-2-3-4-5-6-7-8-9-10-11-12-13-14-15-16-17-19-22-20-18-21-25-23(22)24/h18,20-21H,2-17,19H2,1H3. The van der Waals surface area contributed by atoms with Crippen molar-refractivity contribution in [3.8, 4) is 0 Å². The van der Waals surface area contributed by atoms with Crippen molar-refractivity contribution in [2.45, 2.75) is 116 Å². The molecule has 1 aromatic heterocycles. The second-order valence-corrected chi connectivity index (χ2v) is 7.86. The Morgan fingerprint density at radius 2 is 1.12 bits per heavy atom. The largest absolute Gasteiger partial charge is 0.244 e. The maximum atomic E-state index is 6.08. The van der Waals surface area contributed by atoms with Crippen LogP contribution in [0.3, 0.4) is 0 Å². The summed E-state index contributed by atoms with van der Waals surface area (Å²) in [7, 11) is 0. The summed E-state index contributed by atoms with van der Waals surface area (Å²) >= 11 is 6.08. The van der Waals surface area contributed by atoms with Crippen LogP contribution in [-0.4, -0.2) is 4.98 Å². The summed E-state index contributed by atoms with van der Waals surface area (Å²) in [5, 5.41) is 0.684. The van der Waals surface area contributed by atoms with E-state index in [-0.39, 0.29) is 0 Å². The van der Waals surface area contributed by atoms with E-state index in [1.165, 1.54) is 108 Å². The van der Waals surface area contributed by atoms with Gasteiger partial charge in [0.2, 0.25) is 0 Å². The number of hydrogen-bond donors (Lipinski definition) is 0. The quantitative estimate of drug-likeness (QED) is 0.199. The Labute approximate surface area is 162 Å². The smallest absolute Gasteiger partial charge is 0.132 e. The summed E-state index contributed by atoms with van der Waals surface area (Å²) in [5.74, 6) is 0. The van der Waals surface area contributed by atoms with Crippen molar-refractivity contribution >= 4 is 11.6 Å². The van der Waals surface area contributed by atoms with Crippen LogP contribution < -0.4 is 0 Å². The van der Waals surface area contributed by atoms with Gasteiger partial charge in [0.25, 0.3) is 0 Å². The molecule has 0 saturated heterocycles. The van der Waals surface area contributed by atoms with Crippen molar-refractivity contribution in [2.24, 2.45) is 0 Å². The molecular weight excluding hydrogens is 326 g/mol. The van der Waals surface area contributed by atoms with Crippen molar-refractivity contribution in [3.05, 3.63) is 29.0 Å². The third-order valence-corrected chi connectivity index (χ3v) is 5.48. The van der Waals surface area contributed by atoms with Gasteiger partial charge < -0.3 is 0 Å². The summed E-state index contributed by atoms with van der Waals surface area (Å²) in [6.07, 6.45) is 25.5. The van der Waals surface area contributed by atoms with Crippen LogP contribution in [0.2, 0.25) is 5.15 Å². The average molecular weight is 366 g/mol. The van der Waals surface area contributed by atoms with Crippen LogP contribution >= 0.6 is 11.6 Å². The Morgan fingerprint density at radius 3 is 1.56 bits per heavy atom. The third kappa shape index (κ3) is 13.3. The molecule has 0 bridgehead atoms. The zero-order valence-corrected chi connectivity index (χ0v) is 17.3. The Kier molecular flexibility index (Phi) is 15.2. The van der Waals surface area contributed by atoms with Crippen LogP contribution in [0.15, 0.2) is 18.3 Å².